The number of carboxylic acids is 1. The molecule has 7 aliphatic rings. The number of nitrogens with one attached hydrogen (secondary N) is 1. The van der Waals surface area contributed by atoms with Crippen LogP contribution in [0.2, 0.25) is 0 Å². The van der Waals surface area contributed by atoms with E-state index in [4.69, 9.17) is 4.74 Å². The average Bonchev–Trinajstić information content (AvgIpc) is 3.45. The summed E-state index contributed by atoms with van der Waals surface area (Å²) in [6.07, 6.45) is 1.40. The number of nitrogens with zero attached hydrogens (tertiary/aromatic N) is 4. The van der Waals surface area contributed by atoms with Crippen LogP contribution in [0.3, 0.4) is 0 Å². The number of aromatic nitrogens is 3. The first-order valence-electron chi connectivity index (χ1n) is 19.3. The lowest BCUT2D eigenvalue weighted by Crippen LogP contribution is -2.70. The highest BCUT2D eigenvalue weighted by atomic mass is 19.4. The van der Waals surface area contributed by atoms with Crippen LogP contribution in [-0.2, 0) is 11.0 Å². The summed E-state index contributed by atoms with van der Waals surface area (Å²) in [6.45, 7) is 0.0834. The highest BCUT2D eigenvalue weighted by Gasteiger charge is 2.62. The first-order valence-corrected chi connectivity index (χ1v) is 19.3. The Hall–Kier alpha value is -3.95. The second-order valence-electron chi connectivity index (χ2n) is 17.2. The molecule has 55 heavy (non-hydrogen) atoms. The molecule has 1 amide bonds. The Kier molecular flexibility index (Phi) is 8.52. The number of carboxylic acid groups (broad SMARTS) is 1. The van der Waals surface area contributed by atoms with Crippen LogP contribution in [-0.4, -0.2) is 79.5 Å². The van der Waals surface area contributed by atoms with Crippen LogP contribution in [0.1, 0.15) is 92.7 Å². The Morgan fingerprint density at radius 3 is 2.18 bits per heavy atom. The molecule has 10 rings (SSSR count). The van der Waals surface area contributed by atoms with E-state index in [0.717, 1.165) is 12.6 Å². The minimum absolute atomic E-state index is 0.129. The first kappa shape index (κ1) is 36.7. The Morgan fingerprint density at radius 1 is 0.927 bits per heavy atom. The monoisotopic (exact) mass is 777 g/mol. The predicted molar refractivity (Wildman–Crippen MR) is 184 cm³/mol. The third-order valence-corrected chi connectivity index (χ3v) is 13.5. The molecule has 2 aromatic heterocycles. The summed E-state index contributed by atoms with van der Waals surface area (Å²) in [5, 5.41) is 13.5. The van der Waals surface area contributed by atoms with Gasteiger partial charge in [-0.2, -0.15) is 13.2 Å². The van der Waals surface area contributed by atoms with E-state index in [1.54, 1.807) is 33.9 Å². The number of halogens is 7. The number of ether oxygens (including phenoxy) is 1. The SMILES string of the molecule is O=C(NC1(C(=O)O)C2CC3CC(C2)CC1C3)c1cnc(-c2cn(C3CCC(F)(F)CC3)c3cc(OC4CC(CN5CC(F)(F)C5)C4)ccc23)nc1C(F)(F)F. The summed E-state index contributed by atoms with van der Waals surface area (Å²) in [6, 6.07) is 4.65. The number of likely N-dealkylation sites (tertiary alicyclic amines) is 1. The van der Waals surface area contributed by atoms with Gasteiger partial charge in [-0.1, -0.05) is 0 Å². The first-order chi connectivity index (χ1) is 26.0. The lowest BCUT2D eigenvalue weighted by Gasteiger charge is -2.59. The number of rotatable bonds is 9. The van der Waals surface area contributed by atoms with E-state index in [1.165, 1.54) is 0 Å². The van der Waals surface area contributed by atoms with Crippen molar-refractivity contribution in [2.24, 2.45) is 29.6 Å². The van der Waals surface area contributed by atoms with Gasteiger partial charge in [0.05, 0.1) is 30.3 Å². The molecule has 4 bridgehead atoms. The number of hydrogen-bond acceptors (Lipinski definition) is 6. The minimum atomic E-state index is -5.10. The predicted octanol–water partition coefficient (Wildman–Crippen LogP) is 7.99. The van der Waals surface area contributed by atoms with Crippen molar-refractivity contribution in [3.63, 3.8) is 0 Å². The number of fused-ring (bicyclic) bond motifs is 1. The highest BCUT2D eigenvalue weighted by Crippen LogP contribution is 2.58. The molecule has 0 spiro atoms. The number of aliphatic carboxylic acids is 1. The van der Waals surface area contributed by atoms with Gasteiger partial charge >= 0.3 is 12.1 Å². The fourth-order valence-corrected chi connectivity index (χ4v) is 11.0. The lowest BCUT2D eigenvalue weighted by atomic mass is 9.48. The van der Waals surface area contributed by atoms with Crippen LogP contribution in [0.5, 0.6) is 5.75 Å². The van der Waals surface area contributed by atoms with E-state index in [2.05, 4.69) is 15.3 Å². The molecule has 0 radical (unpaired) electrons. The minimum Gasteiger partial charge on any atom is -0.490 e. The molecule has 0 unspecified atom stereocenters. The summed E-state index contributed by atoms with van der Waals surface area (Å²) in [7, 11) is 0. The molecule has 2 N–H and O–H groups in total. The molecule has 1 aromatic carbocycles. The van der Waals surface area contributed by atoms with E-state index in [-0.39, 0.29) is 74.0 Å². The molecule has 16 heteroatoms. The molecular formula is C39H42F7N5O4. The van der Waals surface area contributed by atoms with Crippen molar-refractivity contribution in [2.45, 2.75) is 106 Å². The molecule has 3 aromatic rings. The zero-order valence-electron chi connectivity index (χ0n) is 29.9. The third kappa shape index (κ3) is 6.53. The topological polar surface area (TPSA) is 110 Å². The maximum atomic E-state index is 14.8. The number of amides is 1. The highest BCUT2D eigenvalue weighted by molar-refractivity contribution is 6.00. The molecule has 6 aliphatic carbocycles. The number of carbonyl (C=O) groups excluding carboxylic acids is 1. The van der Waals surface area contributed by atoms with Gasteiger partial charge in [0.2, 0.25) is 5.92 Å². The average molecular weight is 778 g/mol. The number of carbonyl (C=O) groups is 2. The fourth-order valence-electron chi connectivity index (χ4n) is 11.0. The van der Waals surface area contributed by atoms with Crippen LogP contribution in [0.4, 0.5) is 30.7 Å². The molecule has 0 atom stereocenters. The summed E-state index contributed by atoms with van der Waals surface area (Å²) in [5.41, 5.74) is -3.32. The number of hydrogen-bond donors (Lipinski definition) is 2. The van der Waals surface area contributed by atoms with Gasteiger partial charge in [0.1, 0.15) is 11.3 Å². The molecule has 296 valence electrons. The van der Waals surface area contributed by atoms with Crippen molar-refractivity contribution >= 4 is 22.8 Å². The van der Waals surface area contributed by atoms with Gasteiger partial charge in [-0.15, -0.1) is 0 Å². The largest absolute Gasteiger partial charge is 0.490 e. The van der Waals surface area contributed by atoms with Crippen LogP contribution in [0, 0.1) is 29.6 Å². The summed E-state index contributed by atoms with van der Waals surface area (Å²) in [5.74, 6) is -7.59. The maximum Gasteiger partial charge on any atom is 0.434 e. The summed E-state index contributed by atoms with van der Waals surface area (Å²) < 4.78 is 107. The van der Waals surface area contributed by atoms with Crippen LogP contribution in [0.15, 0.2) is 30.6 Å². The van der Waals surface area contributed by atoms with Crippen LogP contribution < -0.4 is 10.1 Å². The quantitative estimate of drug-likeness (QED) is 0.212. The van der Waals surface area contributed by atoms with Crippen molar-refractivity contribution in [2.75, 3.05) is 19.6 Å². The van der Waals surface area contributed by atoms with E-state index in [0.29, 0.717) is 73.6 Å². The van der Waals surface area contributed by atoms with Gasteiger partial charge < -0.3 is 19.7 Å². The fraction of sp³-hybridized carbons (Fsp3) is 0.641. The normalized spacial score (nSPS) is 32.6. The van der Waals surface area contributed by atoms with E-state index in [9.17, 15) is 45.4 Å². The Balaban J connectivity index is 1.01. The third-order valence-electron chi connectivity index (χ3n) is 13.5. The molecule has 1 saturated heterocycles. The Bertz CT molecular complexity index is 1980. The molecule has 1 aliphatic heterocycles. The zero-order chi connectivity index (χ0) is 38.7. The zero-order valence-corrected chi connectivity index (χ0v) is 29.9. The van der Waals surface area contributed by atoms with Crippen molar-refractivity contribution in [1.82, 2.24) is 24.8 Å². The summed E-state index contributed by atoms with van der Waals surface area (Å²) in [4.78, 5) is 36.4. The smallest absolute Gasteiger partial charge is 0.434 e. The Morgan fingerprint density at radius 2 is 1.58 bits per heavy atom. The molecule has 3 heterocycles. The van der Waals surface area contributed by atoms with Crippen molar-refractivity contribution in [3.05, 3.63) is 41.9 Å². The Labute approximate surface area is 312 Å². The van der Waals surface area contributed by atoms with Crippen molar-refractivity contribution < 1.29 is 50.2 Å². The van der Waals surface area contributed by atoms with Crippen molar-refractivity contribution in [3.8, 4) is 17.1 Å². The van der Waals surface area contributed by atoms with Gasteiger partial charge in [-0.3, -0.25) is 9.69 Å². The number of benzene rings is 1. The van der Waals surface area contributed by atoms with Crippen LogP contribution in [0.25, 0.3) is 22.3 Å². The van der Waals surface area contributed by atoms with E-state index < -0.39 is 52.7 Å². The van der Waals surface area contributed by atoms with Gasteiger partial charge in [0.25, 0.3) is 11.8 Å². The second-order valence-corrected chi connectivity index (χ2v) is 17.2. The van der Waals surface area contributed by atoms with Crippen LogP contribution >= 0.6 is 0 Å². The molecule has 9 nitrogen and oxygen atoms in total. The maximum absolute atomic E-state index is 14.8. The molecular weight excluding hydrogens is 735 g/mol. The van der Waals surface area contributed by atoms with E-state index in [1.807, 2.05) is 0 Å². The van der Waals surface area contributed by atoms with Gasteiger partial charge in [0, 0.05) is 54.8 Å². The standard InChI is InChI=1S/C39H42F7N5O4/c40-36(41)5-3-25(4-6-36)51-17-30(28-2-1-26(14-31(28)51)55-27-12-22(13-27)16-50-18-37(42,43)19-50)33-47-15-29(32(48-33)39(44,45)46)34(52)49-38(35(53)54)23-8-20-7-21(10-23)11-24(38)9-20/h1-2,14-15,17,20-25,27H,3-13,16,18-19H2,(H,49,52)(H,53,54). The second kappa shape index (κ2) is 12.8. The van der Waals surface area contributed by atoms with Gasteiger partial charge in [-0.25, -0.2) is 32.3 Å². The molecule has 7 fully saturated rings. The van der Waals surface area contributed by atoms with Gasteiger partial charge in [0.15, 0.2) is 11.5 Å². The van der Waals surface area contributed by atoms with E-state index >= 15 is 0 Å². The van der Waals surface area contributed by atoms with Gasteiger partial charge in [-0.05, 0) is 99.5 Å². The summed E-state index contributed by atoms with van der Waals surface area (Å²) >= 11 is 0. The molecule has 6 saturated carbocycles. The lowest BCUT2D eigenvalue weighted by molar-refractivity contribution is -0.163. The number of alkyl halides is 7. The van der Waals surface area contributed by atoms with Crippen molar-refractivity contribution in [1.29, 1.82) is 0 Å².